The van der Waals surface area contributed by atoms with Crippen molar-refractivity contribution < 1.29 is 4.79 Å². The molecule has 2 nitrogen and oxygen atoms in total. The van der Waals surface area contributed by atoms with Crippen molar-refractivity contribution in [1.29, 1.82) is 0 Å². The van der Waals surface area contributed by atoms with Gasteiger partial charge in [-0.25, -0.2) is 4.79 Å². The van der Waals surface area contributed by atoms with Gasteiger partial charge in [0.25, 0.3) is 0 Å². The SMILES string of the molecule is O=C=Nc1cccc2[c]cccc12. The zero-order valence-electron chi connectivity index (χ0n) is 6.82. The van der Waals surface area contributed by atoms with Gasteiger partial charge in [0.05, 0.1) is 5.69 Å². The van der Waals surface area contributed by atoms with Crippen LogP contribution in [0.25, 0.3) is 10.8 Å². The van der Waals surface area contributed by atoms with E-state index in [1.54, 1.807) is 6.07 Å². The second-order valence-corrected chi connectivity index (χ2v) is 2.61. The van der Waals surface area contributed by atoms with Crippen molar-refractivity contribution in [3.05, 3.63) is 42.5 Å². The van der Waals surface area contributed by atoms with Gasteiger partial charge < -0.3 is 0 Å². The summed E-state index contributed by atoms with van der Waals surface area (Å²) in [6.45, 7) is 0. The van der Waals surface area contributed by atoms with Crippen LogP contribution in [0.2, 0.25) is 0 Å². The number of carbonyl (C=O) groups excluding carboxylic acids is 1. The molecule has 0 aliphatic rings. The van der Waals surface area contributed by atoms with Gasteiger partial charge in [-0.05, 0) is 17.5 Å². The van der Waals surface area contributed by atoms with Crippen molar-refractivity contribution in [3.63, 3.8) is 0 Å². The lowest BCUT2D eigenvalue weighted by Crippen LogP contribution is -1.72. The van der Waals surface area contributed by atoms with Crippen LogP contribution in [0, 0.1) is 6.07 Å². The fourth-order valence-corrected chi connectivity index (χ4v) is 1.28. The predicted molar refractivity (Wildman–Crippen MR) is 50.6 cm³/mol. The average molecular weight is 168 g/mol. The lowest BCUT2D eigenvalue weighted by atomic mass is 10.1. The van der Waals surface area contributed by atoms with Gasteiger partial charge in [0.2, 0.25) is 6.08 Å². The molecule has 0 heterocycles. The molecule has 0 atom stereocenters. The lowest BCUT2D eigenvalue weighted by Gasteiger charge is -1.97. The highest BCUT2D eigenvalue weighted by atomic mass is 16.1. The van der Waals surface area contributed by atoms with Crippen LogP contribution in [-0.4, -0.2) is 6.08 Å². The normalized spacial score (nSPS) is 9.54. The summed E-state index contributed by atoms with van der Waals surface area (Å²) in [5, 5.41) is 1.88. The van der Waals surface area contributed by atoms with E-state index in [1.807, 2.05) is 30.3 Å². The number of aliphatic imine (C=N–C) groups is 1. The molecule has 0 saturated heterocycles. The maximum Gasteiger partial charge on any atom is 0.240 e. The van der Waals surface area contributed by atoms with Crippen LogP contribution in [0.3, 0.4) is 0 Å². The number of benzene rings is 2. The molecule has 0 N–H and O–H groups in total. The molecule has 0 fully saturated rings. The van der Waals surface area contributed by atoms with Gasteiger partial charge in [0.1, 0.15) is 0 Å². The summed E-state index contributed by atoms with van der Waals surface area (Å²) in [5.41, 5.74) is 0.643. The fourth-order valence-electron chi connectivity index (χ4n) is 1.28. The van der Waals surface area contributed by atoms with Crippen molar-refractivity contribution >= 4 is 22.5 Å². The second-order valence-electron chi connectivity index (χ2n) is 2.61. The van der Waals surface area contributed by atoms with Gasteiger partial charge in [-0.2, -0.15) is 4.99 Å². The van der Waals surface area contributed by atoms with E-state index in [2.05, 4.69) is 11.1 Å². The molecule has 0 bridgehead atoms. The Bertz CT molecular complexity index is 479. The van der Waals surface area contributed by atoms with E-state index in [1.165, 1.54) is 6.08 Å². The van der Waals surface area contributed by atoms with Crippen molar-refractivity contribution in [2.75, 3.05) is 0 Å². The minimum atomic E-state index is 0.643. The number of fused-ring (bicyclic) bond motifs is 1. The van der Waals surface area contributed by atoms with Gasteiger partial charge in [-0.1, -0.05) is 30.3 Å². The Morgan fingerprint density at radius 2 is 2.15 bits per heavy atom. The van der Waals surface area contributed by atoms with E-state index in [-0.39, 0.29) is 0 Å². The summed E-state index contributed by atoms with van der Waals surface area (Å²) in [6.07, 6.45) is 1.54. The highest BCUT2D eigenvalue weighted by Crippen LogP contribution is 2.24. The van der Waals surface area contributed by atoms with E-state index in [0.29, 0.717) is 5.69 Å². The molecule has 2 heteroatoms. The molecule has 61 valence electrons. The first kappa shape index (κ1) is 7.71. The van der Waals surface area contributed by atoms with Crippen molar-refractivity contribution in [2.24, 2.45) is 4.99 Å². The largest absolute Gasteiger partial charge is 0.240 e. The molecule has 0 aliphatic carbocycles. The van der Waals surface area contributed by atoms with E-state index < -0.39 is 0 Å². The third-order valence-corrected chi connectivity index (χ3v) is 1.85. The molecule has 0 amide bonds. The Morgan fingerprint density at radius 3 is 3.00 bits per heavy atom. The van der Waals surface area contributed by atoms with E-state index >= 15 is 0 Å². The first-order chi connectivity index (χ1) is 6.42. The topological polar surface area (TPSA) is 29.4 Å². The number of hydrogen-bond acceptors (Lipinski definition) is 2. The summed E-state index contributed by atoms with van der Waals surface area (Å²) in [4.78, 5) is 13.7. The molecule has 0 aliphatic heterocycles. The van der Waals surface area contributed by atoms with Crippen LogP contribution in [0.5, 0.6) is 0 Å². The first-order valence-corrected chi connectivity index (χ1v) is 3.89. The Balaban J connectivity index is 2.82. The van der Waals surface area contributed by atoms with Crippen molar-refractivity contribution in [2.45, 2.75) is 0 Å². The first-order valence-electron chi connectivity index (χ1n) is 3.89. The summed E-state index contributed by atoms with van der Waals surface area (Å²) < 4.78 is 0. The van der Waals surface area contributed by atoms with Crippen molar-refractivity contribution in [3.8, 4) is 0 Å². The van der Waals surface area contributed by atoms with Gasteiger partial charge >= 0.3 is 0 Å². The summed E-state index contributed by atoms with van der Waals surface area (Å²) in [5.74, 6) is 0. The summed E-state index contributed by atoms with van der Waals surface area (Å²) in [6, 6.07) is 14.2. The minimum Gasteiger partial charge on any atom is -0.211 e. The molecule has 0 unspecified atom stereocenters. The van der Waals surface area contributed by atoms with Crippen LogP contribution >= 0.6 is 0 Å². The quantitative estimate of drug-likeness (QED) is 0.475. The van der Waals surface area contributed by atoms with Crippen LogP contribution in [0.4, 0.5) is 5.69 Å². The van der Waals surface area contributed by atoms with E-state index in [0.717, 1.165) is 10.8 Å². The fraction of sp³-hybridized carbons (Fsp3) is 0. The molecule has 1 radical (unpaired) electrons. The Hall–Kier alpha value is -1.92. The average Bonchev–Trinajstić information content (AvgIpc) is 2.19. The Morgan fingerprint density at radius 1 is 1.23 bits per heavy atom. The van der Waals surface area contributed by atoms with Crippen molar-refractivity contribution in [1.82, 2.24) is 0 Å². The van der Waals surface area contributed by atoms with Crippen LogP contribution in [-0.2, 0) is 4.79 Å². The zero-order chi connectivity index (χ0) is 9.10. The molecule has 0 spiro atoms. The lowest BCUT2D eigenvalue weighted by molar-refractivity contribution is 0.565. The predicted octanol–water partition coefficient (Wildman–Crippen LogP) is 2.61. The summed E-state index contributed by atoms with van der Waals surface area (Å²) in [7, 11) is 0. The third-order valence-electron chi connectivity index (χ3n) is 1.85. The molecule has 13 heavy (non-hydrogen) atoms. The highest BCUT2D eigenvalue weighted by Gasteiger charge is 1.96. The maximum absolute atomic E-state index is 10.1. The molecule has 2 rings (SSSR count). The Labute approximate surface area is 75.5 Å². The van der Waals surface area contributed by atoms with Crippen LogP contribution in [0.15, 0.2) is 41.4 Å². The Kier molecular flexibility index (Phi) is 1.91. The van der Waals surface area contributed by atoms with Gasteiger partial charge in [-0.3, -0.25) is 0 Å². The molecule has 2 aromatic rings. The number of hydrogen-bond donors (Lipinski definition) is 0. The minimum absolute atomic E-state index is 0.643. The molecular weight excluding hydrogens is 162 g/mol. The van der Waals surface area contributed by atoms with Gasteiger partial charge in [-0.15, -0.1) is 0 Å². The number of isocyanates is 1. The van der Waals surface area contributed by atoms with Crippen LogP contribution < -0.4 is 0 Å². The highest BCUT2D eigenvalue weighted by molar-refractivity contribution is 5.92. The molecule has 2 aromatic carbocycles. The second kappa shape index (κ2) is 3.21. The molecule has 0 aromatic heterocycles. The van der Waals surface area contributed by atoms with E-state index in [9.17, 15) is 4.79 Å². The van der Waals surface area contributed by atoms with Gasteiger partial charge in [0, 0.05) is 5.39 Å². The summed E-state index contributed by atoms with van der Waals surface area (Å²) >= 11 is 0. The maximum atomic E-state index is 10.1. The third kappa shape index (κ3) is 1.35. The standard InChI is InChI=1S/C11H6NO/c13-8-12-11-7-3-5-9-4-1-2-6-10(9)11/h1-3,5-7H. The zero-order valence-corrected chi connectivity index (χ0v) is 6.82. The van der Waals surface area contributed by atoms with E-state index in [4.69, 9.17) is 0 Å². The monoisotopic (exact) mass is 168 g/mol. The molecule has 0 saturated carbocycles. The van der Waals surface area contributed by atoms with Crippen LogP contribution in [0.1, 0.15) is 0 Å². The van der Waals surface area contributed by atoms with Gasteiger partial charge in [0.15, 0.2) is 0 Å². The number of rotatable bonds is 1. The molecular formula is C11H6NO. The smallest absolute Gasteiger partial charge is 0.211 e. The number of nitrogens with zero attached hydrogens (tertiary/aromatic N) is 1.